The van der Waals surface area contributed by atoms with Crippen LogP contribution in [0.4, 0.5) is 0 Å². The van der Waals surface area contributed by atoms with Gasteiger partial charge in [0.25, 0.3) is 0 Å². The standard InChI is InChI=1S/C21H14N4/c1-2-11-21(13-23,14-24)20-18(12-22)16-9-6-10-17(16)19(25-20)15-7-4-3-5-8-15/h1,3-5,7-8H,6,9-11H2. The Morgan fingerprint density at radius 3 is 2.32 bits per heavy atom. The number of aromatic nitrogens is 1. The van der Waals surface area contributed by atoms with Crippen LogP contribution in [0, 0.1) is 46.3 Å². The number of fused-ring (bicyclic) bond motifs is 1. The van der Waals surface area contributed by atoms with Crippen LogP contribution < -0.4 is 0 Å². The molecule has 2 aromatic rings. The lowest BCUT2D eigenvalue weighted by atomic mass is 9.80. The van der Waals surface area contributed by atoms with E-state index in [9.17, 15) is 15.8 Å². The van der Waals surface area contributed by atoms with E-state index in [0.29, 0.717) is 5.56 Å². The first-order valence-electron chi connectivity index (χ1n) is 7.98. The van der Waals surface area contributed by atoms with Crippen molar-refractivity contribution < 1.29 is 0 Å². The van der Waals surface area contributed by atoms with E-state index in [1.807, 2.05) is 42.5 Å². The van der Waals surface area contributed by atoms with Gasteiger partial charge >= 0.3 is 0 Å². The summed E-state index contributed by atoms with van der Waals surface area (Å²) < 4.78 is 0. The van der Waals surface area contributed by atoms with E-state index in [1.165, 1.54) is 0 Å². The highest BCUT2D eigenvalue weighted by molar-refractivity contribution is 5.70. The molecule has 0 saturated carbocycles. The maximum atomic E-state index is 9.71. The largest absolute Gasteiger partial charge is 0.248 e. The predicted molar refractivity (Wildman–Crippen MR) is 92.8 cm³/mol. The average Bonchev–Trinajstić information content (AvgIpc) is 3.15. The number of pyridine rings is 1. The summed E-state index contributed by atoms with van der Waals surface area (Å²) >= 11 is 0. The lowest BCUT2D eigenvalue weighted by Gasteiger charge is -2.21. The minimum absolute atomic E-state index is 0.102. The van der Waals surface area contributed by atoms with Crippen molar-refractivity contribution in [2.75, 3.05) is 0 Å². The normalized spacial score (nSPS) is 12.3. The van der Waals surface area contributed by atoms with Gasteiger partial charge in [0, 0.05) is 12.0 Å². The van der Waals surface area contributed by atoms with Crippen LogP contribution in [-0.2, 0) is 18.3 Å². The van der Waals surface area contributed by atoms with Crippen molar-refractivity contribution >= 4 is 0 Å². The Hall–Kier alpha value is -3.60. The van der Waals surface area contributed by atoms with Gasteiger partial charge in [-0.3, -0.25) is 0 Å². The summed E-state index contributed by atoms with van der Waals surface area (Å²) in [5, 5.41) is 29.1. The highest BCUT2D eigenvalue weighted by Crippen LogP contribution is 2.38. The summed E-state index contributed by atoms with van der Waals surface area (Å²) in [4.78, 5) is 4.66. The van der Waals surface area contributed by atoms with Crippen LogP contribution >= 0.6 is 0 Å². The van der Waals surface area contributed by atoms with Crippen LogP contribution in [0.15, 0.2) is 30.3 Å². The van der Waals surface area contributed by atoms with Gasteiger partial charge in [-0.15, -0.1) is 12.3 Å². The molecule has 0 fully saturated rings. The maximum absolute atomic E-state index is 9.71. The van der Waals surface area contributed by atoms with Gasteiger partial charge in [-0.1, -0.05) is 30.3 Å². The number of hydrogen-bond donors (Lipinski definition) is 0. The molecule has 1 aromatic heterocycles. The molecule has 0 radical (unpaired) electrons. The molecule has 0 atom stereocenters. The second-order valence-electron chi connectivity index (χ2n) is 5.98. The Kier molecular flexibility index (Phi) is 4.22. The zero-order valence-electron chi connectivity index (χ0n) is 13.6. The third-order valence-corrected chi connectivity index (χ3v) is 4.58. The molecule has 4 heteroatoms. The molecular weight excluding hydrogens is 308 g/mol. The summed E-state index contributed by atoms with van der Waals surface area (Å²) in [6.07, 6.45) is 7.80. The number of nitriles is 3. The monoisotopic (exact) mass is 322 g/mol. The Morgan fingerprint density at radius 2 is 1.72 bits per heavy atom. The van der Waals surface area contributed by atoms with Gasteiger partial charge in [-0.2, -0.15) is 15.8 Å². The van der Waals surface area contributed by atoms with E-state index in [-0.39, 0.29) is 12.1 Å². The molecule has 118 valence electrons. The number of rotatable bonds is 3. The van der Waals surface area contributed by atoms with E-state index < -0.39 is 5.41 Å². The lowest BCUT2D eigenvalue weighted by Crippen LogP contribution is -2.25. The van der Waals surface area contributed by atoms with Gasteiger partial charge in [0.05, 0.1) is 29.1 Å². The molecule has 0 saturated heterocycles. The van der Waals surface area contributed by atoms with Gasteiger partial charge < -0.3 is 0 Å². The van der Waals surface area contributed by atoms with Crippen LogP contribution in [0.2, 0.25) is 0 Å². The molecule has 0 spiro atoms. The van der Waals surface area contributed by atoms with E-state index in [2.05, 4.69) is 17.0 Å². The fourth-order valence-corrected chi connectivity index (χ4v) is 3.37. The molecule has 1 aliphatic carbocycles. The fraction of sp³-hybridized carbons (Fsp3) is 0.238. The summed E-state index contributed by atoms with van der Waals surface area (Å²) in [7, 11) is 0. The summed E-state index contributed by atoms with van der Waals surface area (Å²) in [5.41, 5.74) is 2.52. The van der Waals surface area contributed by atoms with E-state index >= 15 is 0 Å². The topological polar surface area (TPSA) is 84.3 Å². The smallest absolute Gasteiger partial charge is 0.197 e. The molecule has 1 aromatic carbocycles. The summed E-state index contributed by atoms with van der Waals surface area (Å²) in [5.74, 6) is 2.39. The highest BCUT2D eigenvalue weighted by Gasteiger charge is 2.39. The van der Waals surface area contributed by atoms with Crippen LogP contribution in [-0.4, -0.2) is 4.98 Å². The minimum Gasteiger partial charge on any atom is -0.248 e. The first kappa shape index (κ1) is 16.3. The molecule has 0 N–H and O–H groups in total. The van der Waals surface area contributed by atoms with Crippen LogP contribution in [0.25, 0.3) is 11.3 Å². The third kappa shape index (κ3) is 2.52. The Morgan fingerprint density at radius 1 is 1.04 bits per heavy atom. The Bertz CT molecular complexity index is 978. The van der Waals surface area contributed by atoms with Crippen molar-refractivity contribution in [2.45, 2.75) is 31.1 Å². The second-order valence-corrected chi connectivity index (χ2v) is 5.98. The number of benzene rings is 1. The molecule has 1 heterocycles. The number of nitrogens with zero attached hydrogens (tertiary/aromatic N) is 4. The molecule has 25 heavy (non-hydrogen) atoms. The van der Waals surface area contributed by atoms with Crippen molar-refractivity contribution in [3.8, 4) is 41.8 Å². The molecule has 4 nitrogen and oxygen atoms in total. The molecule has 0 aliphatic heterocycles. The van der Waals surface area contributed by atoms with E-state index in [1.54, 1.807) is 0 Å². The van der Waals surface area contributed by atoms with Gasteiger partial charge in [0.2, 0.25) is 0 Å². The Labute approximate surface area is 147 Å². The Balaban J connectivity index is 2.38. The van der Waals surface area contributed by atoms with Crippen molar-refractivity contribution in [3.05, 3.63) is 52.7 Å². The number of hydrogen-bond acceptors (Lipinski definition) is 4. The molecule has 0 unspecified atom stereocenters. The predicted octanol–water partition coefficient (Wildman–Crippen LogP) is 3.42. The van der Waals surface area contributed by atoms with Crippen LogP contribution in [0.3, 0.4) is 0 Å². The van der Waals surface area contributed by atoms with Gasteiger partial charge in [-0.25, -0.2) is 4.98 Å². The zero-order chi connectivity index (χ0) is 17.9. The molecule has 1 aliphatic rings. The molecule has 3 rings (SSSR count). The summed E-state index contributed by atoms with van der Waals surface area (Å²) in [6.45, 7) is 0. The minimum atomic E-state index is -1.61. The van der Waals surface area contributed by atoms with Crippen molar-refractivity contribution in [1.29, 1.82) is 15.8 Å². The van der Waals surface area contributed by atoms with Crippen LogP contribution in [0.1, 0.15) is 35.2 Å². The molecule has 0 amide bonds. The zero-order valence-corrected chi connectivity index (χ0v) is 13.6. The fourth-order valence-electron chi connectivity index (χ4n) is 3.37. The van der Waals surface area contributed by atoms with Gasteiger partial charge in [0.1, 0.15) is 6.07 Å². The molecule has 0 bridgehead atoms. The molecular formula is C21H14N4. The SMILES string of the molecule is C#CCC(C#N)(C#N)c1nc(-c2ccccc2)c2c(c1C#N)CCC2. The number of terminal acetylenes is 1. The van der Waals surface area contributed by atoms with Crippen molar-refractivity contribution in [2.24, 2.45) is 0 Å². The highest BCUT2D eigenvalue weighted by atomic mass is 14.8. The first-order valence-corrected chi connectivity index (χ1v) is 7.98. The van der Waals surface area contributed by atoms with Crippen molar-refractivity contribution in [3.63, 3.8) is 0 Å². The second kappa shape index (κ2) is 6.49. The quantitative estimate of drug-likeness (QED) is 0.810. The van der Waals surface area contributed by atoms with E-state index in [0.717, 1.165) is 41.6 Å². The van der Waals surface area contributed by atoms with Crippen LogP contribution in [0.5, 0.6) is 0 Å². The third-order valence-electron chi connectivity index (χ3n) is 4.58. The first-order chi connectivity index (χ1) is 12.2. The van der Waals surface area contributed by atoms with Crippen molar-refractivity contribution in [1.82, 2.24) is 4.98 Å². The summed E-state index contributed by atoms with van der Waals surface area (Å²) in [6, 6.07) is 15.8. The van der Waals surface area contributed by atoms with E-state index in [4.69, 9.17) is 6.42 Å². The van der Waals surface area contributed by atoms with Gasteiger partial charge in [0.15, 0.2) is 5.41 Å². The lowest BCUT2D eigenvalue weighted by molar-refractivity contribution is 0.694. The van der Waals surface area contributed by atoms with Gasteiger partial charge in [-0.05, 0) is 30.4 Å². The maximum Gasteiger partial charge on any atom is 0.197 e. The average molecular weight is 322 g/mol.